The van der Waals surface area contributed by atoms with Crippen molar-refractivity contribution < 1.29 is 24.2 Å². The second kappa shape index (κ2) is 8.43. The van der Waals surface area contributed by atoms with Crippen LogP contribution in [0.3, 0.4) is 0 Å². The van der Waals surface area contributed by atoms with Crippen LogP contribution in [0, 0.1) is 0 Å². The number of carbonyl (C=O) groups excluding carboxylic acids is 2. The lowest BCUT2D eigenvalue weighted by Crippen LogP contribution is -2.38. The predicted octanol–water partition coefficient (Wildman–Crippen LogP) is 3.77. The molecule has 0 aromatic heterocycles. The molecule has 2 aliphatic rings. The fraction of sp³-hybridized carbons (Fsp3) is 0.192. The number of amides is 2. The number of hydrogen-bond acceptors (Lipinski definition) is 4. The molecule has 0 bridgehead atoms. The summed E-state index contributed by atoms with van der Waals surface area (Å²) >= 11 is 0. The minimum Gasteiger partial charge on any atom is -0.478 e. The summed E-state index contributed by atoms with van der Waals surface area (Å²) in [6.45, 7) is 0.708. The Kier molecular flexibility index (Phi) is 5.30. The molecule has 5 rings (SSSR count). The quantitative estimate of drug-likeness (QED) is 0.627. The third-order valence-electron chi connectivity index (χ3n) is 6.26. The number of fused-ring (bicyclic) bond motifs is 4. The van der Waals surface area contributed by atoms with Crippen molar-refractivity contribution in [2.24, 2.45) is 0 Å². The molecule has 2 N–H and O–H groups in total. The Morgan fingerprint density at radius 2 is 1.55 bits per heavy atom. The van der Waals surface area contributed by atoms with Crippen LogP contribution in [0.1, 0.15) is 38.5 Å². The van der Waals surface area contributed by atoms with Gasteiger partial charge in [0.15, 0.2) is 0 Å². The zero-order valence-electron chi connectivity index (χ0n) is 17.8. The highest BCUT2D eigenvalue weighted by atomic mass is 16.5. The van der Waals surface area contributed by atoms with Crippen LogP contribution in [-0.2, 0) is 22.6 Å². The van der Waals surface area contributed by atoms with Gasteiger partial charge in [-0.15, -0.1) is 0 Å². The van der Waals surface area contributed by atoms with Crippen LogP contribution in [0.15, 0.2) is 66.7 Å². The molecule has 7 nitrogen and oxygen atoms in total. The van der Waals surface area contributed by atoms with Crippen molar-refractivity contribution in [3.05, 3.63) is 94.5 Å². The van der Waals surface area contributed by atoms with Crippen molar-refractivity contribution in [1.82, 2.24) is 10.2 Å². The van der Waals surface area contributed by atoms with Crippen molar-refractivity contribution in [3.8, 4) is 11.1 Å². The van der Waals surface area contributed by atoms with E-state index >= 15 is 0 Å². The van der Waals surface area contributed by atoms with E-state index in [-0.39, 0.29) is 30.5 Å². The maximum atomic E-state index is 12.6. The number of nitrogens with one attached hydrogen (secondary N) is 1. The van der Waals surface area contributed by atoms with E-state index in [1.807, 2.05) is 36.4 Å². The molecule has 1 aliphatic carbocycles. The van der Waals surface area contributed by atoms with E-state index in [9.17, 15) is 14.4 Å². The molecule has 0 spiro atoms. The number of hydrogen-bond donors (Lipinski definition) is 2. The molecule has 3 aromatic rings. The van der Waals surface area contributed by atoms with Gasteiger partial charge in [0.25, 0.3) is 0 Å². The lowest BCUT2D eigenvalue weighted by molar-refractivity contribution is -0.130. The molecule has 7 heteroatoms. The minimum absolute atomic E-state index is 0.0460. The highest BCUT2D eigenvalue weighted by Crippen LogP contribution is 2.44. The second-order valence-corrected chi connectivity index (χ2v) is 8.22. The van der Waals surface area contributed by atoms with Gasteiger partial charge in [-0.05, 0) is 45.5 Å². The number of carboxylic acids is 1. The number of carboxylic acid groups (broad SMARTS) is 1. The Morgan fingerprint density at radius 1 is 0.909 bits per heavy atom. The minimum atomic E-state index is -1.00. The Bertz CT molecular complexity index is 1220. The Balaban J connectivity index is 1.16. The van der Waals surface area contributed by atoms with E-state index in [1.165, 1.54) is 6.07 Å². The Morgan fingerprint density at radius 3 is 2.21 bits per heavy atom. The average Bonchev–Trinajstić information content (AvgIpc) is 3.40. The van der Waals surface area contributed by atoms with Crippen LogP contribution in [-0.4, -0.2) is 41.1 Å². The number of carbonyl (C=O) groups is 3. The molecule has 0 unspecified atom stereocenters. The van der Waals surface area contributed by atoms with Gasteiger partial charge in [-0.3, -0.25) is 4.79 Å². The van der Waals surface area contributed by atoms with Gasteiger partial charge < -0.3 is 20.1 Å². The zero-order chi connectivity index (χ0) is 22.9. The molecule has 0 saturated carbocycles. The predicted molar refractivity (Wildman–Crippen MR) is 121 cm³/mol. The number of nitrogens with zero attached hydrogens (tertiary/aromatic N) is 1. The lowest BCUT2D eigenvalue weighted by Gasteiger charge is -2.17. The molecular weight excluding hydrogens is 420 g/mol. The lowest BCUT2D eigenvalue weighted by atomic mass is 9.98. The number of aromatic carboxylic acids is 1. The van der Waals surface area contributed by atoms with Gasteiger partial charge in [0.2, 0.25) is 5.91 Å². The first-order chi connectivity index (χ1) is 16.0. The maximum absolute atomic E-state index is 12.6. The van der Waals surface area contributed by atoms with Gasteiger partial charge in [-0.1, -0.05) is 54.6 Å². The Hall–Kier alpha value is -4.13. The summed E-state index contributed by atoms with van der Waals surface area (Å²) in [6, 6.07) is 21.0. The van der Waals surface area contributed by atoms with E-state index in [0.717, 1.165) is 33.4 Å². The molecule has 166 valence electrons. The normalized spacial score (nSPS) is 13.8. The van der Waals surface area contributed by atoms with Crippen LogP contribution < -0.4 is 5.32 Å². The molecule has 3 aromatic carbocycles. The molecular formula is C26H22N2O5. The third kappa shape index (κ3) is 3.93. The van der Waals surface area contributed by atoms with Crippen molar-refractivity contribution in [2.45, 2.75) is 19.0 Å². The Labute approximate surface area is 190 Å². The maximum Gasteiger partial charge on any atom is 0.407 e. The van der Waals surface area contributed by atoms with Gasteiger partial charge in [0, 0.05) is 19.0 Å². The number of rotatable bonds is 5. The smallest absolute Gasteiger partial charge is 0.407 e. The SMILES string of the molecule is O=C(NCC(=O)N1Cc2ccc(C(=O)O)cc2C1)OCC1c2ccccc2-c2ccccc21. The third-order valence-corrected chi connectivity index (χ3v) is 6.26. The van der Waals surface area contributed by atoms with Crippen molar-refractivity contribution in [2.75, 3.05) is 13.2 Å². The molecule has 0 saturated heterocycles. The van der Waals surface area contributed by atoms with E-state index in [2.05, 4.69) is 17.4 Å². The highest BCUT2D eigenvalue weighted by molar-refractivity contribution is 5.88. The molecule has 1 heterocycles. The van der Waals surface area contributed by atoms with Crippen LogP contribution in [0.2, 0.25) is 0 Å². The summed E-state index contributed by atoms with van der Waals surface area (Å²) in [7, 11) is 0. The summed E-state index contributed by atoms with van der Waals surface area (Å²) < 4.78 is 5.47. The fourth-order valence-corrected chi connectivity index (χ4v) is 4.61. The first kappa shape index (κ1) is 20.8. The van der Waals surface area contributed by atoms with E-state index < -0.39 is 12.1 Å². The summed E-state index contributed by atoms with van der Waals surface area (Å²) in [5, 5.41) is 11.7. The number of benzene rings is 3. The van der Waals surface area contributed by atoms with Crippen LogP contribution in [0.25, 0.3) is 11.1 Å². The van der Waals surface area contributed by atoms with E-state index in [0.29, 0.717) is 13.1 Å². The summed E-state index contributed by atoms with van der Waals surface area (Å²) in [4.78, 5) is 37.6. The monoisotopic (exact) mass is 442 g/mol. The average molecular weight is 442 g/mol. The fourth-order valence-electron chi connectivity index (χ4n) is 4.61. The first-order valence-electron chi connectivity index (χ1n) is 10.7. The van der Waals surface area contributed by atoms with Crippen LogP contribution in [0.4, 0.5) is 4.79 Å². The number of alkyl carbamates (subject to hydrolysis) is 1. The highest BCUT2D eigenvalue weighted by Gasteiger charge is 2.29. The molecule has 33 heavy (non-hydrogen) atoms. The summed E-state index contributed by atoms with van der Waals surface area (Å²) in [5.74, 6) is -1.30. The molecule has 0 radical (unpaired) electrons. The second-order valence-electron chi connectivity index (χ2n) is 8.22. The van der Waals surface area contributed by atoms with E-state index in [4.69, 9.17) is 9.84 Å². The topological polar surface area (TPSA) is 95.9 Å². The van der Waals surface area contributed by atoms with Gasteiger partial charge in [0.1, 0.15) is 13.2 Å². The van der Waals surface area contributed by atoms with Crippen molar-refractivity contribution >= 4 is 18.0 Å². The number of ether oxygens (including phenoxy) is 1. The molecule has 0 atom stereocenters. The van der Waals surface area contributed by atoms with E-state index in [1.54, 1.807) is 17.0 Å². The summed E-state index contributed by atoms with van der Waals surface area (Å²) in [5.41, 5.74) is 6.46. The van der Waals surface area contributed by atoms with Gasteiger partial charge in [-0.2, -0.15) is 0 Å². The molecule has 0 fully saturated rings. The summed E-state index contributed by atoms with van der Waals surface area (Å²) in [6.07, 6.45) is -0.643. The molecule has 2 amide bonds. The van der Waals surface area contributed by atoms with Crippen LogP contribution >= 0.6 is 0 Å². The zero-order valence-corrected chi connectivity index (χ0v) is 17.8. The largest absolute Gasteiger partial charge is 0.478 e. The van der Waals surface area contributed by atoms with Gasteiger partial charge in [0.05, 0.1) is 5.56 Å². The standard InChI is InChI=1S/C26H22N2O5/c29-24(28-13-17-10-9-16(25(30)31)11-18(17)14-28)12-27-26(32)33-15-23-21-7-3-1-5-19(21)20-6-2-4-8-22(20)23/h1-11,23H,12-15H2,(H,27,32)(H,30,31). The first-order valence-corrected chi connectivity index (χ1v) is 10.7. The van der Waals surface area contributed by atoms with Gasteiger partial charge >= 0.3 is 12.1 Å². The van der Waals surface area contributed by atoms with Crippen molar-refractivity contribution in [1.29, 1.82) is 0 Å². The van der Waals surface area contributed by atoms with Crippen LogP contribution in [0.5, 0.6) is 0 Å². The molecule has 1 aliphatic heterocycles. The van der Waals surface area contributed by atoms with Gasteiger partial charge in [-0.25, -0.2) is 9.59 Å². The van der Waals surface area contributed by atoms with Crippen molar-refractivity contribution in [3.63, 3.8) is 0 Å².